The molecule has 0 fully saturated rings. The SMILES string of the molecule is CC(Br)C(COCc1ccccc1)OS(=O)(=O)c1ccccc1. The summed E-state index contributed by atoms with van der Waals surface area (Å²) in [6, 6.07) is 17.8. The highest BCUT2D eigenvalue weighted by Gasteiger charge is 2.25. The molecule has 0 spiro atoms. The number of benzene rings is 2. The van der Waals surface area contributed by atoms with E-state index in [2.05, 4.69) is 15.9 Å². The van der Waals surface area contributed by atoms with Crippen molar-refractivity contribution < 1.29 is 17.3 Å². The highest BCUT2D eigenvalue weighted by atomic mass is 79.9. The van der Waals surface area contributed by atoms with Crippen LogP contribution >= 0.6 is 15.9 Å². The fourth-order valence-electron chi connectivity index (χ4n) is 1.91. The minimum atomic E-state index is -3.81. The van der Waals surface area contributed by atoms with Crippen LogP contribution in [0.4, 0.5) is 0 Å². The zero-order chi connectivity index (χ0) is 16.7. The Hall–Kier alpha value is -1.21. The highest BCUT2D eigenvalue weighted by molar-refractivity contribution is 9.09. The van der Waals surface area contributed by atoms with Gasteiger partial charge in [-0.05, 0) is 24.6 Å². The average molecular weight is 399 g/mol. The van der Waals surface area contributed by atoms with Crippen LogP contribution in [-0.2, 0) is 25.6 Å². The zero-order valence-electron chi connectivity index (χ0n) is 12.8. The molecule has 0 aromatic heterocycles. The number of alkyl halides is 1. The maximum absolute atomic E-state index is 12.3. The van der Waals surface area contributed by atoms with Gasteiger partial charge in [0.25, 0.3) is 10.1 Å². The normalized spacial score (nSPS) is 14.3. The average Bonchev–Trinajstić information content (AvgIpc) is 2.55. The molecule has 2 atom stereocenters. The lowest BCUT2D eigenvalue weighted by molar-refractivity contribution is 0.0457. The molecule has 0 aliphatic rings. The summed E-state index contributed by atoms with van der Waals surface area (Å²) in [6.07, 6.45) is -0.607. The first-order valence-corrected chi connectivity index (χ1v) is 9.55. The molecule has 0 aliphatic carbocycles. The van der Waals surface area contributed by atoms with Gasteiger partial charge < -0.3 is 4.74 Å². The second kappa shape index (κ2) is 8.59. The second-order valence-electron chi connectivity index (χ2n) is 5.08. The third-order valence-corrected chi connectivity index (χ3v) is 5.13. The van der Waals surface area contributed by atoms with Gasteiger partial charge in [0.2, 0.25) is 0 Å². The van der Waals surface area contributed by atoms with Crippen LogP contribution < -0.4 is 0 Å². The van der Waals surface area contributed by atoms with Crippen molar-refractivity contribution in [1.82, 2.24) is 0 Å². The molecule has 2 aromatic rings. The Morgan fingerprint density at radius 1 is 1.00 bits per heavy atom. The third kappa shape index (κ3) is 5.73. The lowest BCUT2D eigenvalue weighted by Gasteiger charge is -2.20. The van der Waals surface area contributed by atoms with E-state index in [4.69, 9.17) is 8.92 Å². The Kier molecular flexibility index (Phi) is 6.77. The van der Waals surface area contributed by atoms with Crippen LogP contribution in [0.1, 0.15) is 12.5 Å². The topological polar surface area (TPSA) is 52.6 Å². The lowest BCUT2D eigenvalue weighted by Crippen LogP contribution is -2.30. The summed E-state index contributed by atoms with van der Waals surface area (Å²) >= 11 is 3.38. The first-order chi connectivity index (χ1) is 11.0. The quantitative estimate of drug-likeness (QED) is 0.501. The predicted molar refractivity (Wildman–Crippen MR) is 93.0 cm³/mol. The number of ether oxygens (including phenoxy) is 1. The first-order valence-electron chi connectivity index (χ1n) is 7.23. The molecule has 6 heteroatoms. The Morgan fingerprint density at radius 2 is 1.57 bits per heavy atom. The van der Waals surface area contributed by atoms with Crippen molar-refractivity contribution in [2.45, 2.75) is 29.4 Å². The predicted octanol–water partition coefficient (Wildman–Crippen LogP) is 3.76. The molecule has 0 aliphatic heterocycles. The van der Waals surface area contributed by atoms with E-state index in [1.165, 1.54) is 12.1 Å². The van der Waals surface area contributed by atoms with Gasteiger partial charge >= 0.3 is 0 Å². The van der Waals surface area contributed by atoms with Gasteiger partial charge in [-0.15, -0.1) is 0 Å². The van der Waals surface area contributed by atoms with Crippen molar-refractivity contribution in [2.75, 3.05) is 6.61 Å². The monoisotopic (exact) mass is 398 g/mol. The van der Waals surface area contributed by atoms with E-state index in [-0.39, 0.29) is 16.3 Å². The molecule has 0 saturated heterocycles. The Balaban J connectivity index is 1.96. The Labute approximate surface area is 145 Å². The van der Waals surface area contributed by atoms with Crippen LogP contribution in [0.2, 0.25) is 0 Å². The van der Waals surface area contributed by atoms with Gasteiger partial charge in [0.1, 0.15) is 6.10 Å². The van der Waals surface area contributed by atoms with Gasteiger partial charge in [-0.1, -0.05) is 64.5 Å². The van der Waals surface area contributed by atoms with Crippen molar-refractivity contribution in [3.05, 3.63) is 66.2 Å². The van der Waals surface area contributed by atoms with Crippen LogP contribution in [0.25, 0.3) is 0 Å². The smallest absolute Gasteiger partial charge is 0.297 e. The highest BCUT2D eigenvalue weighted by Crippen LogP contribution is 2.19. The summed E-state index contributed by atoms with van der Waals surface area (Å²) in [5.74, 6) is 0. The summed E-state index contributed by atoms with van der Waals surface area (Å²) in [5, 5.41) is 0. The summed E-state index contributed by atoms with van der Waals surface area (Å²) < 4.78 is 35.5. The molecular weight excluding hydrogens is 380 g/mol. The van der Waals surface area contributed by atoms with Crippen molar-refractivity contribution in [1.29, 1.82) is 0 Å². The molecule has 2 rings (SSSR count). The standard InChI is InChI=1S/C17H19BrO4S/c1-14(18)17(13-21-12-15-8-4-2-5-9-15)22-23(19,20)16-10-6-3-7-11-16/h2-11,14,17H,12-13H2,1H3. The Bertz CT molecular complexity index is 687. The molecular formula is C17H19BrO4S. The zero-order valence-corrected chi connectivity index (χ0v) is 15.2. The van der Waals surface area contributed by atoms with E-state index in [0.29, 0.717) is 6.61 Å². The number of hydrogen-bond acceptors (Lipinski definition) is 4. The van der Waals surface area contributed by atoms with Gasteiger partial charge in [-0.3, -0.25) is 4.18 Å². The van der Waals surface area contributed by atoms with Crippen molar-refractivity contribution in [2.24, 2.45) is 0 Å². The van der Waals surface area contributed by atoms with E-state index in [0.717, 1.165) is 5.56 Å². The van der Waals surface area contributed by atoms with Gasteiger partial charge in [-0.2, -0.15) is 8.42 Å². The van der Waals surface area contributed by atoms with E-state index >= 15 is 0 Å². The molecule has 0 bridgehead atoms. The molecule has 0 amide bonds. The largest absolute Gasteiger partial charge is 0.374 e. The minimum Gasteiger partial charge on any atom is -0.374 e. The van der Waals surface area contributed by atoms with E-state index in [9.17, 15) is 8.42 Å². The van der Waals surface area contributed by atoms with E-state index in [1.54, 1.807) is 18.2 Å². The second-order valence-corrected chi connectivity index (χ2v) is 8.10. The third-order valence-electron chi connectivity index (χ3n) is 3.19. The molecule has 0 heterocycles. The fourth-order valence-corrected chi connectivity index (χ4v) is 3.46. The van der Waals surface area contributed by atoms with E-state index in [1.807, 2.05) is 37.3 Å². The van der Waals surface area contributed by atoms with Crippen LogP contribution in [0, 0.1) is 0 Å². The summed E-state index contributed by atoms with van der Waals surface area (Å²) in [7, 11) is -3.81. The van der Waals surface area contributed by atoms with Crippen LogP contribution in [0.3, 0.4) is 0 Å². The van der Waals surface area contributed by atoms with E-state index < -0.39 is 16.2 Å². The number of halogens is 1. The van der Waals surface area contributed by atoms with Crippen LogP contribution in [0.5, 0.6) is 0 Å². The first kappa shape index (κ1) is 18.1. The van der Waals surface area contributed by atoms with Crippen LogP contribution in [-0.4, -0.2) is 26.0 Å². The van der Waals surface area contributed by atoms with Crippen molar-refractivity contribution >= 4 is 26.0 Å². The van der Waals surface area contributed by atoms with Gasteiger partial charge in [0, 0.05) is 4.83 Å². The Morgan fingerprint density at radius 3 is 2.13 bits per heavy atom. The summed E-state index contributed by atoms with van der Waals surface area (Å²) in [4.78, 5) is -0.0297. The molecule has 2 unspecified atom stereocenters. The van der Waals surface area contributed by atoms with Crippen molar-refractivity contribution in [3.63, 3.8) is 0 Å². The number of rotatable bonds is 8. The molecule has 0 saturated carbocycles. The minimum absolute atomic E-state index is 0.140. The lowest BCUT2D eigenvalue weighted by atomic mass is 10.2. The van der Waals surface area contributed by atoms with Gasteiger partial charge in [-0.25, -0.2) is 0 Å². The summed E-state index contributed by atoms with van der Waals surface area (Å²) in [5.41, 5.74) is 1.03. The van der Waals surface area contributed by atoms with Crippen LogP contribution in [0.15, 0.2) is 65.6 Å². The van der Waals surface area contributed by atoms with Gasteiger partial charge in [0.05, 0.1) is 18.1 Å². The molecule has 124 valence electrons. The molecule has 0 radical (unpaired) electrons. The fraction of sp³-hybridized carbons (Fsp3) is 0.294. The number of hydrogen-bond donors (Lipinski definition) is 0. The maximum atomic E-state index is 12.3. The van der Waals surface area contributed by atoms with Crippen molar-refractivity contribution in [3.8, 4) is 0 Å². The molecule has 2 aromatic carbocycles. The maximum Gasteiger partial charge on any atom is 0.297 e. The van der Waals surface area contributed by atoms with Gasteiger partial charge in [0.15, 0.2) is 0 Å². The molecule has 23 heavy (non-hydrogen) atoms. The molecule has 0 N–H and O–H groups in total. The molecule has 4 nitrogen and oxygen atoms in total. The summed E-state index contributed by atoms with van der Waals surface area (Å²) in [6.45, 7) is 2.41.